The maximum Gasteiger partial charge on any atom is 0.251 e. The highest BCUT2D eigenvalue weighted by atomic mass is 79.9. The Kier molecular flexibility index (Phi) is 2.82. The topological polar surface area (TPSA) is 56.0 Å². The highest BCUT2D eigenvalue weighted by molar-refractivity contribution is 9.10. The first-order valence-corrected chi connectivity index (χ1v) is 5.41. The van der Waals surface area contributed by atoms with Crippen LogP contribution in [0.1, 0.15) is 10.4 Å². The van der Waals surface area contributed by atoms with Crippen LogP contribution in [-0.2, 0) is 0 Å². The molecule has 0 saturated carbocycles. The highest BCUT2D eigenvalue weighted by Crippen LogP contribution is 2.29. The van der Waals surface area contributed by atoms with E-state index in [0.29, 0.717) is 9.86 Å². The van der Waals surface area contributed by atoms with E-state index in [1.165, 1.54) is 12.3 Å². The van der Waals surface area contributed by atoms with Crippen molar-refractivity contribution in [3.8, 4) is 0 Å². The van der Waals surface area contributed by atoms with Crippen LogP contribution in [0.15, 0.2) is 22.8 Å². The number of amides is 1. The number of nitrogens with zero attached hydrogens (tertiary/aromatic N) is 1. The van der Waals surface area contributed by atoms with Gasteiger partial charge in [0.1, 0.15) is 5.52 Å². The molecule has 16 heavy (non-hydrogen) atoms. The molecule has 1 amide bonds. The Morgan fingerprint density at radius 1 is 1.50 bits per heavy atom. The van der Waals surface area contributed by atoms with Gasteiger partial charge in [-0.3, -0.25) is 9.78 Å². The van der Waals surface area contributed by atoms with Crippen molar-refractivity contribution in [3.63, 3.8) is 0 Å². The lowest BCUT2D eigenvalue weighted by Gasteiger charge is -2.05. The molecule has 0 fully saturated rings. The van der Waals surface area contributed by atoms with Gasteiger partial charge in [0.05, 0.1) is 10.6 Å². The van der Waals surface area contributed by atoms with Crippen molar-refractivity contribution in [1.29, 1.82) is 0 Å². The van der Waals surface area contributed by atoms with Crippen LogP contribution in [0.25, 0.3) is 10.9 Å². The second-order valence-electron chi connectivity index (χ2n) is 3.13. The summed E-state index contributed by atoms with van der Waals surface area (Å²) in [7, 11) is 0. The maximum atomic E-state index is 13.5. The SMILES string of the molecule is NC(=O)c1cnc2c(F)cc(Br)cc2c1Cl. The van der Waals surface area contributed by atoms with Gasteiger partial charge < -0.3 is 5.73 Å². The normalized spacial score (nSPS) is 10.7. The molecule has 3 nitrogen and oxygen atoms in total. The molecule has 1 aromatic heterocycles. The van der Waals surface area contributed by atoms with Gasteiger partial charge in [-0.15, -0.1) is 0 Å². The molecule has 0 unspecified atom stereocenters. The summed E-state index contributed by atoms with van der Waals surface area (Å²) in [6.45, 7) is 0. The fourth-order valence-electron chi connectivity index (χ4n) is 1.37. The summed E-state index contributed by atoms with van der Waals surface area (Å²) in [6.07, 6.45) is 1.17. The van der Waals surface area contributed by atoms with Crippen molar-refractivity contribution < 1.29 is 9.18 Å². The van der Waals surface area contributed by atoms with E-state index < -0.39 is 11.7 Å². The second kappa shape index (κ2) is 3.99. The fraction of sp³-hybridized carbons (Fsp3) is 0. The first-order chi connectivity index (χ1) is 7.50. The number of halogens is 3. The number of primary amides is 1. The quantitative estimate of drug-likeness (QED) is 0.880. The van der Waals surface area contributed by atoms with Crippen LogP contribution in [0.3, 0.4) is 0 Å². The molecule has 0 aliphatic carbocycles. The highest BCUT2D eigenvalue weighted by Gasteiger charge is 2.14. The van der Waals surface area contributed by atoms with E-state index in [2.05, 4.69) is 20.9 Å². The molecule has 82 valence electrons. The smallest absolute Gasteiger partial charge is 0.251 e. The monoisotopic (exact) mass is 302 g/mol. The number of benzene rings is 1. The Balaban J connectivity index is 2.89. The van der Waals surface area contributed by atoms with Gasteiger partial charge in [0.15, 0.2) is 5.82 Å². The molecule has 1 aromatic carbocycles. The number of hydrogen-bond donors (Lipinski definition) is 1. The summed E-state index contributed by atoms with van der Waals surface area (Å²) >= 11 is 9.09. The van der Waals surface area contributed by atoms with E-state index in [1.54, 1.807) is 6.07 Å². The van der Waals surface area contributed by atoms with Crippen molar-refractivity contribution in [2.24, 2.45) is 5.73 Å². The second-order valence-corrected chi connectivity index (χ2v) is 4.43. The maximum absolute atomic E-state index is 13.5. The Morgan fingerprint density at radius 3 is 2.81 bits per heavy atom. The van der Waals surface area contributed by atoms with Gasteiger partial charge >= 0.3 is 0 Å². The third-order valence-electron chi connectivity index (χ3n) is 2.09. The van der Waals surface area contributed by atoms with Crippen molar-refractivity contribution in [2.45, 2.75) is 0 Å². The van der Waals surface area contributed by atoms with E-state index in [-0.39, 0.29) is 16.1 Å². The van der Waals surface area contributed by atoms with Crippen molar-refractivity contribution in [3.05, 3.63) is 39.2 Å². The van der Waals surface area contributed by atoms with Crippen molar-refractivity contribution in [1.82, 2.24) is 4.98 Å². The Labute approximate surface area is 104 Å². The minimum Gasteiger partial charge on any atom is -0.366 e. The summed E-state index contributed by atoms with van der Waals surface area (Å²) in [6, 6.07) is 2.86. The molecular weight excluding hydrogens is 298 g/mol. The molecular formula is C10H5BrClFN2O. The van der Waals surface area contributed by atoms with Gasteiger partial charge in [-0.2, -0.15) is 0 Å². The average molecular weight is 304 g/mol. The zero-order chi connectivity index (χ0) is 11.9. The van der Waals surface area contributed by atoms with Gasteiger partial charge in [-0.1, -0.05) is 27.5 Å². The third kappa shape index (κ3) is 1.76. The number of hydrogen-bond acceptors (Lipinski definition) is 2. The number of nitrogens with two attached hydrogens (primary N) is 1. The molecule has 0 spiro atoms. The van der Waals surface area contributed by atoms with E-state index in [4.69, 9.17) is 17.3 Å². The number of pyridine rings is 1. The standard InChI is InChI=1S/C10H5BrClFN2O/c11-4-1-5-8(12)6(10(14)16)3-15-9(5)7(13)2-4/h1-3H,(H2,14,16). The lowest BCUT2D eigenvalue weighted by Crippen LogP contribution is -2.12. The molecule has 1 heterocycles. The molecule has 2 aromatic rings. The number of rotatable bonds is 1. The van der Waals surface area contributed by atoms with Gasteiger partial charge in [0.2, 0.25) is 0 Å². The number of carbonyl (C=O) groups excluding carboxylic acids is 1. The predicted molar refractivity (Wildman–Crippen MR) is 62.9 cm³/mol. The molecule has 0 bridgehead atoms. The first kappa shape index (κ1) is 11.3. The Hall–Kier alpha value is -1.20. The predicted octanol–water partition coefficient (Wildman–Crippen LogP) is 2.89. The number of aromatic nitrogens is 1. The number of fused-ring (bicyclic) bond motifs is 1. The third-order valence-corrected chi connectivity index (χ3v) is 2.95. The summed E-state index contributed by atoms with van der Waals surface area (Å²) < 4.78 is 14.0. The van der Waals surface area contributed by atoms with Crippen LogP contribution >= 0.6 is 27.5 Å². The minimum atomic E-state index is -0.695. The molecule has 0 atom stereocenters. The average Bonchev–Trinajstić information content (AvgIpc) is 2.19. The largest absolute Gasteiger partial charge is 0.366 e. The van der Waals surface area contributed by atoms with Crippen LogP contribution in [0.2, 0.25) is 5.02 Å². The van der Waals surface area contributed by atoms with Crippen LogP contribution in [0.5, 0.6) is 0 Å². The summed E-state index contributed by atoms with van der Waals surface area (Å²) in [5.74, 6) is -1.21. The fourth-order valence-corrected chi connectivity index (χ4v) is 2.08. The molecule has 0 saturated heterocycles. The summed E-state index contributed by atoms with van der Waals surface area (Å²) in [5, 5.41) is 0.461. The van der Waals surface area contributed by atoms with Crippen molar-refractivity contribution in [2.75, 3.05) is 0 Å². The molecule has 6 heteroatoms. The molecule has 2 rings (SSSR count). The first-order valence-electron chi connectivity index (χ1n) is 4.23. The summed E-state index contributed by atoms with van der Waals surface area (Å²) in [4.78, 5) is 14.9. The zero-order valence-electron chi connectivity index (χ0n) is 7.80. The Morgan fingerprint density at radius 2 is 2.19 bits per heavy atom. The zero-order valence-corrected chi connectivity index (χ0v) is 10.1. The minimum absolute atomic E-state index is 0.0756. The van der Waals surface area contributed by atoms with Crippen LogP contribution in [0.4, 0.5) is 4.39 Å². The van der Waals surface area contributed by atoms with Crippen LogP contribution < -0.4 is 5.73 Å². The van der Waals surface area contributed by atoms with Crippen molar-refractivity contribution >= 4 is 44.3 Å². The molecule has 0 radical (unpaired) electrons. The van der Waals surface area contributed by atoms with E-state index >= 15 is 0 Å². The van der Waals surface area contributed by atoms with E-state index in [0.717, 1.165) is 0 Å². The van der Waals surface area contributed by atoms with Crippen LogP contribution in [-0.4, -0.2) is 10.9 Å². The molecule has 0 aliphatic rings. The number of carbonyl (C=O) groups is 1. The van der Waals surface area contributed by atoms with Gasteiger partial charge in [-0.25, -0.2) is 4.39 Å². The van der Waals surface area contributed by atoms with Crippen LogP contribution in [0, 0.1) is 5.82 Å². The van der Waals surface area contributed by atoms with E-state index in [9.17, 15) is 9.18 Å². The lowest BCUT2D eigenvalue weighted by molar-refractivity contribution is 0.100. The van der Waals surface area contributed by atoms with E-state index in [1.807, 2.05) is 0 Å². The molecule has 0 aliphatic heterocycles. The lowest BCUT2D eigenvalue weighted by atomic mass is 10.1. The Bertz CT molecular complexity index is 603. The van der Waals surface area contributed by atoms with Gasteiger partial charge in [-0.05, 0) is 12.1 Å². The van der Waals surface area contributed by atoms with Gasteiger partial charge in [0, 0.05) is 16.1 Å². The molecule has 2 N–H and O–H groups in total. The summed E-state index contributed by atoms with van der Waals surface area (Å²) in [5.41, 5.74) is 5.30. The van der Waals surface area contributed by atoms with Gasteiger partial charge in [0.25, 0.3) is 5.91 Å².